The molecule has 0 amide bonds. The zero-order chi connectivity index (χ0) is 4.50. The summed E-state index contributed by atoms with van der Waals surface area (Å²) in [6, 6.07) is 0. The summed E-state index contributed by atoms with van der Waals surface area (Å²) in [6.45, 7) is 0. The van der Waals surface area contributed by atoms with Gasteiger partial charge in [-0.15, -0.1) is 0 Å². The van der Waals surface area contributed by atoms with Crippen LogP contribution in [0.4, 0.5) is 0 Å². The Balaban J connectivity index is -0.0000000133. The second kappa shape index (κ2) is 13.1. The first-order chi connectivity index (χ1) is 2.00. The molecule has 9 heteroatoms. The first-order valence-corrected chi connectivity index (χ1v) is 2.35. The number of hydrogen-bond donors (Lipinski definition) is 5. The van der Waals surface area contributed by atoms with E-state index in [-0.39, 0.29) is 86.7 Å². The Kier molecular flexibility index (Phi) is 43.6. The molecule has 0 saturated heterocycles. The smallest absolute Gasteiger partial charge is 0.316 e. The second-order valence-electron chi connectivity index (χ2n) is 0.513. The zero-order valence-corrected chi connectivity index (χ0v) is 4.51. The maximum atomic E-state index is 8.88. The van der Waals surface area contributed by atoms with Gasteiger partial charge in [0, 0.05) is 0 Å². The van der Waals surface area contributed by atoms with Crippen LogP contribution >= 0.6 is 7.82 Å². The minimum Gasteiger partial charge on any atom is 0.316 e. The predicted octanol–water partition coefficient (Wildman–Crippen LogP) is -2.17. The van der Waals surface area contributed by atoms with Crippen LogP contribution in [0.3, 0.4) is 0 Å². The van der Waals surface area contributed by atoms with E-state index in [4.69, 9.17) is 19.2 Å². The van der Waals surface area contributed by atoms with E-state index in [1.807, 2.05) is 0 Å². The molecule has 0 radical (unpaired) electrons. The van der Waals surface area contributed by atoms with Gasteiger partial charge >= 0.3 is 82.3 Å². The Morgan fingerprint density at radius 3 is 1.00 bits per heavy atom. The molecule has 0 aliphatic heterocycles. The van der Waals surface area contributed by atoms with Crippen LogP contribution in [0.25, 0.3) is 0 Å². The summed E-state index contributed by atoms with van der Waals surface area (Å²) >= 11 is 0. The number of hydrogen-bond acceptors (Lipinski definition) is 3. The Morgan fingerprint density at radius 1 is 1.00 bits per heavy atom. The molecule has 0 atom stereocenters. The molecular weight excluding hydrogens is 186 g/mol. The van der Waals surface area contributed by atoms with E-state index in [2.05, 4.69) is 0 Å². The fourth-order valence-corrected chi connectivity index (χ4v) is 0. The van der Waals surface area contributed by atoms with Gasteiger partial charge < -0.3 is 27.0 Å². The topological polar surface area (TPSA) is 148 Å². The Hall–Kier alpha value is 2.43. The minimum absolute atomic E-state index is 0. The van der Waals surface area contributed by atoms with Crippen molar-refractivity contribution in [2.24, 2.45) is 0 Å². The molecule has 0 rings (SSSR count). The van der Waals surface area contributed by atoms with Gasteiger partial charge in [-0.05, 0) is 0 Å². The van der Waals surface area contributed by atoms with Crippen LogP contribution in [0.1, 0.15) is 0 Å². The van der Waals surface area contributed by atoms with Gasteiger partial charge in [-0.1, -0.05) is 0 Å². The van der Waals surface area contributed by atoms with Gasteiger partial charge in [0.05, 0.1) is 0 Å². The van der Waals surface area contributed by atoms with Crippen molar-refractivity contribution in [1.29, 1.82) is 0 Å². The Bertz CT molecular complexity index is 64.7. The minimum atomic E-state index is -4.64. The monoisotopic (exact) mass is 198 g/mol. The molecule has 0 aromatic heterocycles. The van der Waals surface area contributed by atoms with E-state index in [0.29, 0.717) is 0 Å². The number of phosphoric acid groups is 1. The van der Waals surface area contributed by atoms with Gasteiger partial charge in [-0.25, -0.2) is 4.57 Å². The third-order valence-corrected chi connectivity index (χ3v) is 0. The molecular formula is H12KMgN2O4P. The average molecular weight is 198 g/mol. The predicted molar refractivity (Wildman–Crippen MR) is 40.0 cm³/mol. The third kappa shape index (κ3) is 125. The van der Waals surface area contributed by atoms with Crippen molar-refractivity contribution in [1.82, 2.24) is 12.3 Å². The standard InChI is InChI=1S/K.Mg.2H3N.H3O4P.3H/c;;;;1-5(2,3)4;;;/h;;2*1H3;(H3,1,2,3,4);;;. The van der Waals surface area contributed by atoms with Crippen LogP contribution in [-0.4, -0.2) is 89.1 Å². The molecule has 54 valence electrons. The Morgan fingerprint density at radius 2 is 1.00 bits per heavy atom. The van der Waals surface area contributed by atoms with E-state index in [1.165, 1.54) is 0 Å². The summed E-state index contributed by atoms with van der Waals surface area (Å²) in [7, 11) is -4.64. The third-order valence-electron chi connectivity index (χ3n) is 0. The summed E-state index contributed by atoms with van der Waals surface area (Å²) < 4.78 is 8.88. The maximum absolute atomic E-state index is 8.88. The quantitative estimate of drug-likeness (QED) is 0.221. The molecule has 0 unspecified atom stereocenters. The second-order valence-corrected chi connectivity index (χ2v) is 1.54. The van der Waals surface area contributed by atoms with Gasteiger partial charge in [0.25, 0.3) is 0 Å². The Labute approximate surface area is 112 Å². The average Bonchev–Trinajstić information content (AvgIpc) is 0.722. The van der Waals surface area contributed by atoms with Crippen molar-refractivity contribution in [3.05, 3.63) is 0 Å². The van der Waals surface area contributed by atoms with Gasteiger partial charge in [0.15, 0.2) is 0 Å². The molecule has 9 heavy (non-hydrogen) atoms. The summed E-state index contributed by atoms with van der Waals surface area (Å²) in [4.78, 5) is 21.6. The summed E-state index contributed by atoms with van der Waals surface area (Å²) in [5.41, 5.74) is 0. The zero-order valence-electron chi connectivity index (χ0n) is 3.61. The largest absolute Gasteiger partial charge is 0.316 e. The van der Waals surface area contributed by atoms with Gasteiger partial charge in [0.2, 0.25) is 0 Å². The molecule has 0 aromatic rings. The summed E-state index contributed by atoms with van der Waals surface area (Å²) in [5.74, 6) is 0. The molecule has 0 saturated carbocycles. The molecule has 0 aliphatic carbocycles. The van der Waals surface area contributed by atoms with Crippen molar-refractivity contribution in [2.75, 3.05) is 0 Å². The van der Waals surface area contributed by atoms with Crippen molar-refractivity contribution in [3.8, 4) is 0 Å². The fourth-order valence-electron chi connectivity index (χ4n) is 0. The first-order valence-electron chi connectivity index (χ1n) is 0.783. The van der Waals surface area contributed by atoms with Gasteiger partial charge in [-0.2, -0.15) is 0 Å². The van der Waals surface area contributed by atoms with Crippen LogP contribution in [0, 0.1) is 0 Å². The van der Waals surface area contributed by atoms with Crippen LogP contribution in [-0.2, 0) is 4.57 Å². The molecule has 0 fully saturated rings. The van der Waals surface area contributed by atoms with Gasteiger partial charge in [-0.3, -0.25) is 0 Å². The first kappa shape index (κ1) is 30.1. The molecule has 0 aromatic carbocycles. The van der Waals surface area contributed by atoms with Crippen molar-refractivity contribution in [3.63, 3.8) is 0 Å². The molecule has 0 spiro atoms. The van der Waals surface area contributed by atoms with Crippen molar-refractivity contribution in [2.45, 2.75) is 0 Å². The maximum Gasteiger partial charge on any atom is 0.316 e. The van der Waals surface area contributed by atoms with E-state index >= 15 is 0 Å². The van der Waals surface area contributed by atoms with Crippen LogP contribution < -0.4 is 12.3 Å². The molecule has 0 heterocycles. The SMILES string of the molecule is N.N.O=P(O)(O)O.[KH].[MgH2]. The van der Waals surface area contributed by atoms with Crippen LogP contribution in [0.2, 0.25) is 0 Å². The molecule has 6 nitrogen and oxygen atoms in total. The van der Waals surface area contributed by atoms with Crippen LogP contribution in [0.5, 0.6) is 0 Å². The van der Waals surface area contributed by atoms with Crippen molar-refractivity contribution < 1.29 is 19.2 Å². The molecule has 9 N–H and O–H groups in total. The van der Waals surface area contributed by atoms with Crippen LogP contribution in [0.15, 0.2) is 0 Å². The fraction of sp³-hybridized carbons (Fsp3) is 0. The molecule has 0 bridgehead atoms. The van der Waals surface area contributed by atoms with E-state index in [9.17, 15) is 0 Å². The summed E-state index contributed by atoms with van der Waals surface area (Å²) in [5, 5.41) is 0. The van der Waals surface area contributed by atoms with Crippen molar-refractivity contribution >= 4 is 82.3 Å². The normalized spacial score (nSPS) is 6.56. The van der Waals surface area contributed by atoms with E-state index in [1.54, 1.807) is 0 Å². The summed E-state index contributed by atoms with van der Waals surface area (Å²) in [6.07, 6.45) is 0. The van der Waals surface area contributed by atoms with E-state index < -0.39 is 7.82 Å². The van der Waals surface area contributed by atoms with E-state index in [0.717, 1.165) is 0 Å². The van der Waals surface area contributed by atoms with Gasteiger partial charge in [0.1, 0.15) is 0 Å². The number of rotatable bonds is 0. The molecule has 0 aliphatic rings.